The lowest BCUT2D eigenvalue weighted by molar-refractivity contribution is 0.394. The zero-order valence-electron chi connectivity index (χ0n) is 8.89. The summed E-state index contributed by atoms with van der Waals surface area (Å²) in [6, 6.07) is 5.92. The van der Waals surface area contributed by atoms with Gasteiger partial charge in [-0.2, -0.15) is 0 Å². The maximum atomic E-state index is 9.76. The SMILES string of the molecule is Cc1cccc(CC(C)(C)C)c1O. The lowest BCUT2D eigenvalue weighted by Crippen LogP contribution is -2.09. The van der Waals surface area contributed by atoms with E-state index in [9.17, 15) is 5.11 Å². The molecule has 0 saturated heterocycles. The minimum atomic E-state index is 0.227. The molecule has 1 N–H and O–H groups in total. The Kier molecular flexibility index (Phi) is 2.65. The molecule has 0 aliphatic rings. The number of aromatic hydroxyl groups is 1. The molecule has 1 aromatic rings. The molecule has 0 bridgehead atoms. The van der Waals surface area contributed by atoms with Gasteiger partial charge in [0.2, 0.25) is 0 Å². The monoisotopic (exact) mass is 178 g/mol. The van der Waals surface area contributed by atoms with Gasteiger partial charge in [-0.3, -0.25) is 0 Å². The van der Waals surface area contributed by atoms with Gasteiger partial charge < -0.3 is 5.11 Å². The van der Waals surface area contributed by atoms with E-state index in [4.69, 9.17) is 0 Å². The van der Waals surface area contributed by atoms with Gasteiger partial charge in [-0.15, -0.1) is 0 Å². The van der Waals surface area contributed by atoms with E-state index in [0.717, 1.165) is 17.5 Å². The maximum absolute atomic E-state index is 9.76. The predicted molar refractivity (Wildman–Crippen MR) is 56.0 cm³/mol. The van der Waals surface area contributed by atoms with Crippen LogP contribution in [0.15, 0.2) is 18.2 Å². The van der Waals surface area contributed by atoms with Gasteiger partial charge in [0.25, 0.3) is 0 Å². The molecule has 0 unspecified atom stereocenters. The highest BCUT2D eigenvalue weighted by Gasteiger charge is 2.14. The molecule has 72 valence electrons. The molecule has 0 amide bonds. The summed E-state index contributed by atoms with van der Waals surface area (Å²) in [5.41, 5.74) is 2.24. The van der Waals surface area contributed by atoms with Crippen LogP contribution in [0.1, 0.15) is 31.9 Å². The van der Waals surface area contributed by atoms with Crippen LogP contribution in [-0.4, -0.2) is 5.11 Å². The van der Waals surface area contributed by atoms with Crippen LogP contribution in [-0.2, 0) is 6.42 Å². The molecule has 0 heterocycles. The molecular weight excluding hydrogens is 160 g/mol. The standard InChI is InChI=1S/C12H18O/c1-9-6-5-7-10(11(9)13)8-12(2,3)4/h5-7,13H,8H2,1-4H3. The van der Waals surface area contributed by atoms with Crippen LogP contribution in [0.25, 0.3) is 0 Å². The molecule has 0 atom stereocenters. The Labute approximate surface area is 80.4 Å². The smallest absolute Gasteiger partial charge is 0.121 e. The van der Waals surface area contributed by atoms with Gasteiger partial charge in [-0.25, -0.2) is 0 Å². The number of benzene rings is 1. The highest BCUT2D eigenvalue weighted by Crippen LogP contribution is 2.28. The van der Waals surface area contributed by atoms with Crippen LogP contribution in [0, 0.1) is 12.3 Å². The van der Waals surface area contributed by atoms with Gasteiger partial charge in [0, 0.05) is 0 Å². The van der Waals surface area contributed by atoms with Crippen LogP contribution in [0.3, 0.4) is 0 Å². The zero-order chi connectivity index (χ0) is 10.1. The van der Waals surface area contributed by atoms with Crippen molar-refractivity contribution in [1.82, 2.24) is 0 Å². The first-order valence-electron chi connectivity index (χ1n) is 4.67. The predicted octanol–water partition coefficient (Wildman–Crippen LogP) is 3.29. The van der Waals surface area contributed by atoms with Crippen molar-refractivity contribution in [3.63, 3.8) is 0 Å². The summed E-state index contributed by atoms with van der Waals surface area (Å²) in [5.74, 6) is 0.456. The molecule has 1 rings (SSSR count). The van der Waals surface area contributed by atoms with E-state index in [1.807, 2.05) is 25.1 Å². The van der Waals surface area contributed by atoms with Gasteiger partial charge in [0.15, 0.2) is 0 Å². The van der Waals surface area contributed by atoms with E-state index >= 15 is 0 Å². The molecule has 0 spiro atoms. The quantitative estimate of drug-likeness (QED) is 0.699. The molecular formula is C12H18O. The molecule has 0 aliphatic heterocycles. The maximum Gasteiger partial charge on any atom is 0.121 e. The topological polar surface area (TPSA) is 20.2 Å². The van der Waals surface area contributed by atoms with E-state index in [2.05, 4.69) is 20.8 Å². The minimum Gasteiger partial charge on any atom is -0.507 e. The van der Waals surface area contributed by atoms with E-state index in [-0.39, 0.29) is 5.41 Å². The first kappa shape index (κ1) is 10.1. The van der Waals surface area contributed by atoms with Crippen molar-refractivity contribution in [3.8, 4) is 5.75 Å². The second-order valence-corrected chi connectivity index (χ2v) is 4.82. The van der Waals surface area contributed by atoms with E-state index in [1.165, 1.54) is 0 Å². The third-order valence-corrected chi connectivity index (χ3v) is 2.04. The van der Waals surface area contributed by atoms with Crippen molar-refractivity contribution < 1.29 is 5.11 Å². The molecule has 0 aromatic heterocycles. The van der Waals surface area contributed by atoms with Gasteiger partial charge in [-0.1, -0.05) is 39.0 Å². The normalized spacial score (nSPS) is 11.7. The Morgan fingerprint density at radius 1 is 1.23 bits per heavy atom. The van der Waals surface area contributed by atoms with E-state index < -0.39 is 0 Å². The molecule has 0 saturated carbocycles. The summed E-state index contributed by atoms with van der Waals surface area (Å²) in [6.45, 7) is 8.46. The first-order chi connectivity index (χ1) is 5.90. The second kappa shape index (κ2) is 3.41. The van der Waals surface area contributed by atoms with Gasteiger partial charge in [0.1, 0.15) is 5.75 Å². The summed E-state index contributed by atoms with van der Waals surface area (Å²) in [5, 5.41) is 9.76. The molecule has 1 nitrogen and oxygen atoms in total. The second-order valence-electron chi connectivity index (χ2n) is 4.82. The molecule has 1 heteroatoms. The summed E-state index contributed by atoms with van der Waals surface area (Å²) in [7, 11) is 0. The number of hydrogen-bond acceptors (Lipinski definition) is 1. The Bertz CT molecular complexity index is 294. The molecule has 0 fully saturated rings. The molecule has 13 heavy (non-hydrogen) atoms. The van der Waals surface area contributed by atoms with Crippen LogP contribution < -0.4 is 0 Å². The number of phenols is 1. The number of phenolic OH excluding ortho intramolecular Hbond substituents is 1. The van der Waals surface area contributed by atoms with Crippen molar-refractivity contribution >= 4 is 0 Å². The highest BCUT2D eigenvalue weighted by atomic mass is 16.3. The van der Waals surface area contributed by atoms with Crippen LogP contribution in [0.2, 0.25) is 0 Å². The fraction of sp³-hybridized carbons (Fsp3) is 0.500. The molecule has 1 aromatic carbocycles. The van der Waals surface area contributed by atoms with Crippen molar-refractivity contribution in [2.45, 2.75) is 34.1 Å². The number of aryl methyl sites for hydroxylation is 1. The lowest BCUT2D eigenvalue weighted by atomic mass is 9.87. The Balaban J connectivity index is 2.96. The fourth-order valence-corrected chi connectivity index (χ4v) is 1.43. The summed E-state index contributed by atoms with van der Waals surface area (Å²) < 4.78 is 0. The largest absolute Gasteiger partial charge is 0.507 e. The Morgan fingerprint density at radius 2 is 1.85 bits per heavy atom. The van der Waals surface area contributed by atoms with Crippen LogP contribution in [0.4, 0.5) is 0 Å². The Hall–Kier alpha value is -0.980. The summed E-state index contributed by atoms with van der Waals surface area (Å²) in [6.07, 6.45) is 0.917. The summed E-state index contributed by atoms with van der Waals surface area (Å²) >= 11 is 0. The van der Waals surface area contributed by atoms with Crippen molar-refractivity contribution in [2.75, 3.05) is 0 Å². The number of hydrogen-bond donors (Lipinski definition) is 1. The lowest BCUT2D eigenvalue weighted by Gasteiger charge is -2.19. The van der Waals surface area contributed by atoms with Crippen molar-refractivity contribution in [3.05, 3.63) is 29.3 Å². The molecule has 0 aliphatic carbocycles. The third-order valence-electron chi connectivity index (χ3n) is 2.04. The highest BCUT2D eigenvalue weighted by molar-refractivity contribution is 5.39. The third kappa shape index (κ3) is 2.76. The first-order valence-corrected chi connectivity index (χ1v) is 4.67. The average Bonchev–Trinajstić information content (AvgIpc) is 1.96. The average molecular weight is 178 g/mol. The van der Waals surface area contributed by atoms with Crippen LogP contribution in [0.5, 0.6) is 5.75 Å². The zero-order valence-corrected chi connectivity index (χ0v) is 8.89. The number of para-hydroxylation sites is 1. The van der Waals surface area contributed by atoms with Gasteiger partial charge >= 0.3 is 0 Å². The number of rotatable bonds is 1. The Morgan fingerprint density at radius 3 is 2.38 bits per heavy atom. The minimum absolute atomic E-state index is 0.227. The van der Waals surface area contributed by atoms with E-state index in [0.29, 0.717) is 5.75 Å². The van der Waals surface area contributed by atoms with Crippen LogP contribution >= 0.6 is 0 Å². The van der Waals surface area contributed by atoms with Gasteiger partial charge in [0.05, 0.1) is 0 Å². The van der Waals surface area contributed by atoms with Crippen molar-refractivity contribution in [1.29, 1.82) is 0 Å². The van der Waals surface area contributed by atoms with Gasteiger partial charge in [-0.05, 0) is 29.9 Å². The molecule has 0 radical (unpaired) electrons. The fourth-order valence-electron chi connectivity index (χ4n) is 1.43. The van der Waals surface area contributed by atoms with Crippen molar-refractivity contribution in [2.24, 2.45) is 5.41 Å². The van der Waals surface area contributed by atoms with E-state index in [1.54, 1.807) is 0 Å². The summed E-state index contributed by atoms with van der Waals surface area (Å²) in [4.78, 5) is 0.